The summed E-state index contributed by atoms with van der Waals surface area (Å²) >= 11 is 0. The summed E-state index contributed by atoms with van der Waals surface area (Å²) in [6.07, 6.45) is 5.61. The SMILES string of the molecule is CC1CCC(Nc2ccnc(N(C)C)n2)CC1C. The van der Waals surface area contributed by atoms with Crippen LogP contribution < -0.4 is 10.2 Å². The third-order valence-corrected chi connectivity index (χ3v) is 3.99. The molecule has 1 aromatic heterocycles. The smallest absolute Gasteiger partial charge is 0.226 e. The molecule has 18 heavy (non-hydrogen) atoms. The normalized spacial score (nSPS) is 27.9. The molecule has 1 N–H and O–H groups in total. The minimum atomic E-state index is 0.557. The Morgan fingerprint density at radius 3 is 2.67 bits per heavy atom. The van der Waals surface area contributed by atoms with Gasteiger partial charge in [0.25, 0.3) is 0 Å². The van der Waals surface area contributed by atoms with Gasteiger partial charge in [-0.1, -0.05) is 13.8 Å². The van der Waals surface area contributed by atoms with Crippen LogP contribution in [0.15, 0.2) is 12.3 Å². The molecule has 0 saturated heterocycles. The van der Waals surface area contributed by atoms with Crippen LogP contribution in [0.5, 0.6) is 0 Å². The van der Waals surface area contributed by atoms with Gasteiger partial charge in [0.05, 0.1) is 0 Å². The molecular formula is C14H24N4. The summed E-state index contributed by atoms with van der Waals surface area (Å²) in [6, 6.07) is 2.51. The first-order chi connectivity index (χ1) is 8.56. The van der Waals surface area contributed by atoms with Gasteiger partial charge in [-0.3, -0.25) is 0 Å². The van der Waals surface area contributed by atoms with Gasteiger partial charge >= 0.3 is 0 Å². The van der Waals surface area contributed by atoms with Gasteiger partial charge in [0.1, 0.15) is 5.82 Å². The lowest BCUT2D eigenvalue weighted by Gasteiger charge is -2.32. The summed E-state index contributed by atoms with van der Waals surface area (Å²) in [6.45, 7) is 4.71. The van der Waals surface area contributed by atoms with Gasteiger partial charge in [0.15, 0.2) is 0 Å². The maximum atomic E-state index is 4.51. The minimum Gasteiger partial charge on any atom is -0.367 e. The number of hydrogen-bond acceptors (Lipinski definition) is 4. The zero-order valence-corrected chi connectivity index (χ0v) is 11.8. The molecule has 1 fully saturated rings. The van der Waals surface area contributed by atoms with Crippen LogP contribution in [0.4, 0.5) is 11.8 Å². The minimum absolute atomic E-state index is 0.557. The van der Waals surface area contributed by atoms with E-state index in [1.807, 2.05) is 31.3 Å². The molecule has 0 aromatic carbocycles. The zero-order chi connectivity index (χ0) is 13.1. The lowest BCUT2D eigenvalue weighted by molar-refractivity contribution is 0.260. The van der Waals surface area contributed by atoms with E-state index in [2.05, 4.69) is 29.1 Å². The van der Waals surface area contributed by atoms with Crippen molar-refractivity contribution in [3.05, 3.63) is 12.3 Å². The van der Waals surface area contributed by atoms with Gasteiger partial charge in [-0.25, -0.2) is 4.98 Å². The maximum absolute atomic E-state index is 4.51. The van der Waals surface area contributed by atoms with Crippen molar-refractivity contribution in [2.45, 2.75) is 39.2 Å². The number of aromatic nitrogens is 2. The fourth-order valence-electron chi connectivity index (χ4n) is 2.53. The molecule has 2 rings (SSSR count). The Morgan fingerprint density at radius 1 is 1.22 bits per heavy atom. The summed E-state index contributed by atoms with van der Waals surface area (Å²) in [7, 11) is 3.92. The number of nitrogens with one attached hydrogen (secondary N) is 1. The van der Waals surface area contributed by atoms with E-state index in [4.69, 9.17) is 0 Å². The number of hydrogen-bond donors (Lipinski definition) is 1. The van der Waals surface area contributed by atoms with Crippen LogP contribution in [0.2, 0.25) is 0 Å². The van der Waals surface area contributed by atoms with Crippen molar-refractivity contribution in [2.24, 2.45) is 11.8 Å². The Hall–Kier alpha value is -1.32. The molecule has 0 bridgehead atoms. The van der Waals surface area contributed by atoms with Gasteiger partial charge in [-0.05, 0) is 37.2 Å². The third kappa shape index (κ3) is 3.12. The van der Waals surface area contributed by atoms with Gasteiger partial charge in [0.2, 0.25) is 5.95 Å². The van der Waals surface area contributed by atoms with Crippen LogP contribution in [0.25, 0.3) is 0 Å². The highest BCUT2D eigenvalue weighted by molar-refractivity contribution is 5.41. The van der Waals surface area contributed by atoms with Gasteiger partial charge in [-0.2, -0.15) is 4.98 Å². The van der Waals surface area contributed by atoms with Crippen molar-refractivity contribution in [2.75, 3.05) is 24.3 Å². The van der Waals surface area contributed by atoms with E-state index in [0.717, 1.165) is 23.6 Å². The van der Waals surface area contributed by atoms with E-state index < -0.39 is 0 Å². The van der Waals surface area contributed by atoms with Crippen molar-refractivity contribution in [3.63, 3.8) is 0 Å². The monoisotopic (exact) mass is 248 g/mol. The standard InChI is InChI=1S/C14H24N4/c1-10-5-6-12(9-11(10)2)16-13-7-8-15-14(17-13)18(3)4/h7-8,10-12H,5-6,9H2,1-4H3,(H,15,16,17). The van der Waals surface area contributed by atoms with E-state index in [0.29, 0.717) is 6.04 Å². The average Bonchev–Trinajstić information content (AvgIpc) is 2.34. The summed E-state index contributed by atoms with van der Waals surface area (Å²) in [5, 5.41) is 3.55. The van der Waals surface area contributed by atoms with Crippen LogP contribution in [0, 0.1) is 11.8 Å². The zero-order valence-electron chi connectivity index (χ0n) is 11.8. The quantitative estimate of drug-likeness (QED) is 0.893. The second-order valence-electron chi connectivity index (χ2n) is 5.75. The van der Waals surface area contributed by atoms with E-state index in [1.54, 1.807) is 0 Å². The summed E-state index contributed by atoms with van der Waals surface area (Å²) in [4.78, 5) is 10.7. The fraction of sp³-hybridized carbons (Fsp3) is 0.714. The molecule has 0 radical (unpaired) electrons. The first-order valence-electron chi connectivity index (χ1n) is 6.83. The Bertz CT molecular complexity index is 391. The molecule has 100 valence electrons. The molecule has 1 aliphatic carbocycles. The molecule has 4 nitrogen and oxygen atoms in total. The highest BCUT2D eigenvalue weighted by Gasteiger charge is 2.24. The molecular weight excluding hydrogens is 224 g/mol. The van der Waals surface area contributed by atoms with Crippen molar-refractivity contribution < 1.29 is 0 Å². The largest absolute Gasteiger partial charge is 0.367 e. The second kappa shape index (κ2) is 5.55. The van der Waals surface area contributed by atoms with Crippen molar-refractivity contribution in [1.29, 1.82) is 0 Å². The second-order valence-corrected chi connectivity index (χ2v) is 5.75. The maximum Gasteiger partial charge on any atom is 0.226 e. The first kappa shape index (κ1) is 13.1. The van der Waals surface area contributed by atoms with Crippen LogP contribution in [0.3, 0.4) is 0 Å². The number of anilines is 2. The molecule has 1 saturated carbocycles. The van der Waals surface area contributed by atoms with E-state index >= 15 is 0 Å². The van der Waals surface area contributed by atoms with E-state index in [-0.39, 0.29) is 0 Å². The highest BCUT2D eigenvalue weighted by Crippen LogP contribution is 2.30. The van der Waals surface area contributed by atoms with Crippen LogP contribution in [-0.2, 0) is 0 Å². The van der Waals surface area contributed by atoms with Gasteiger partial charge < -0.3 is 10.2 Å². The average molecular weight is 248 g/mol. The van der Waals surface area contributed by atoms with E-state index in [9.17, 15) is 0 Å². The molecule has 0 aliphatic heterocycles. The predicted molar refractivity (Wildman–Crippen MR) is 75.9 cm³/mol. The lowest BCUT2D eigenvalue weighted by Crippen LogP contribution is -2.30. The van der Waals surface area contributed by atoms with Crippen LogP contribution >= 0.6 is 0 Å². The molecule has 1 heterocycles. The summed E-state index contributed by atoms with van der Waals surface area (Å²) in [5.41, 5.74) is 0. The third-order valence-electron chi connectivity index (χ3n) is 3.99. The van der Waals surface area contributed by atoms with Gasteiger partial charge in [0, 0.05) is 26.3 Å². The molecule has 3 atom stereocenters. The van der Waals surface area contributed by atoms with Crippen molar-refractivity contribution in [1.82, 2.24) is 9.97 Å². The highest BCUT2D eigenvalue weighted by atomic mass is 15.2. The van der Waals surface area contributed by atoms with Crippen LogP contribution in [0.1, 0.15) is 33.1 Å². The molecule has 3 unspecified atom stereocenters. The summed E-state index contributed by atoms with van der Waals surface area (Å²) in [5.74, 6) is 3.36. The Morgan fingerprint density at radius 2 is 2.00 bits per heavy atom. The van der Waals surface area contributed by atoms with Gasteiger partial charge in [-0.15, -0.1) is 0 Å². The summed E-state index contributed by atoms with van der Waals surface area (Å²) < 4.78 is 0. The Balaban J connectivity index is 1.99. The molecule has 1 aliphatic rings. The first-order valence-corrected chi connectivity index (χ1v) is 6.83. The molecule has 4 heteroatoms. The van der Waals surface area contributed by atoms with E-state index in [1.165, 1.54) is 19.3 Å². The lowest BCUT2D eigenvalue weighted by atomic mass is 9.79. The number of nitrogens with zero attached hydrogens (tertiary/aromatic N) is 3. The van der Waals surface area contributed by atoms with Crippen molar-refractivity contribution >= 4 is 11.8 Å². The Labute approximate surface area is 110 Å². The topological polar surface area (TPSA) is 41.1 Å². The fourth-order valence-corrected chi connectivity index (χ4v) is 2.53. The molecule has 0 spiro atoms. The molecule has 1 aromatic rings. The molecule has 0 amide bonds. The predicted octanol–water partition coefficient (Wildman–Crippen LogP) is 2.78. The number of rotatable bonds is 3. The van der Waals surface area contributed by atoms with Crippen LogP contribution in [-0.4, -0.2) is 30.1 Å². The van der Waals surface area contributed by atoms with Crippen molar-refractivity contribution in [3.8, 4) is 0 Å². The Kier molecular flexibility index (Phi) is 4.04.